The molecule has 0 unspecified atom stereocenters. The summed E-state index contributed by atoms with van der Waals surface area (Å²) in [5, 5.41) is 0.710. The summed E-state index contributed by atoms with van der Waals surface area (Å²) >= 11 is 7.35. The molecule has 1 aliphatic heterocycles. The second kappa shape index (κ2) is 9.06. The number of piperidine rings is 1. The van der Waals surface area contributed by atoms with Crippen LogP contribution in [0.15, 0.2) is 36.0 Å². The Bertz CT molecular complexity index is 655. The zero-order chi connectivity index (χ0) is 17.5. The van der Waals surface area contributed by atoms with Crippen molar-refractivity contribution in [1.29, 1.82) is 0 Å². The molecule has 2 aromatic rings. The van der Waals surface area contributed by atoms with Crippen LogP contribution in [0.2, 0.25) is 5.02 Å². The molecule has 0 radical (unpaired) electrons. The maximum Gasteiger partial charge on any atom is 0.410 e. The first-order chi connectivity index (χ1) is 12.2. The van der Waals surface area contributed by atoms with E-state index in [1.807, 2.05) is 24.3 Å². The molecule has 3 rings (SSSR count). The lowest BCUT2D eigenvalue weighted by Crippen LogP contribution is -2.39. The molecule has 1 amide bonds. The number of hydrogen-bond donors (Lipinski definition) is 0. The SMILES string of the molecule is O=C(OCc1cncs1)N1CCC(CCOc2ccc(Cl)cc2)CC1. The van der Waals surface area contributed by atoms with Crippen molar-refractivity contribution < 1.29 is 14.3 Å². The Labute approximate surface area is 156 Å². The van der Waals surface area contributed by atoms with Crippen LogP contribution in [0.5, 0.6) is 5.75 Å². The van der Waals surface area contributed by atoms with Gasteiger partial charge in [0.2, 0.25) is 0 Å². The van der Waals surface area contributed by atoms with E-state index in [-0.39, 0.29) is 6.09 Å². The van der Waals surface area contributed by atoms with Gasteiger partial charge in [-0.05, 0) is 49.4 Å². The fourth-order valence-corrected chi connectivity index (χ4v) is 3.45. The van der Waals surface area contributed by atoms with Gasteiger partial charge in [0.05, 0.1) is 17.0 Å². The van der Waals surface area contributed by atoms with Crippen molar-refractivity contribution >= 4 is 29.0 Å². The van der Waals surface area contributed by atoms with Gasteiger partial charge >= 0.3 is 6.09 Å². The number of carbonyl (C=O) groups is 1. The standard InChI is InChI=1S/C18H21ClN2O3S/c19-15-1-3-16(4-2-15)23-10-7-14-5-8-21(9-6-14)18(22)24-12-17-11-20-13-25-17/h1-4,11,13-14H,5-10,12H2. The quantitative estimate of drug-likeness (QED) is 0.734. The maximum absolute atomic E-state index is 12.1. The fourth-order valence-electron chi connectivity index (χ4n) is 2.82. The third kappa shape index (κ3) is 5.61. The number of likely N-dealkylation sites (tertiary alicyclic amines) is 1. The van der Waals surface area contributed by atoms with Crippen LogP contribution in [0.25, 0.3) is 0 Å². The minimum absolute atomic E-state index is 0.232. The number of nitrogens with zero attached hydrogens (tertiary/aromatic N) is 2. The van der Waals surface area contributed by atoms with Crippen LogP contribution in [0.1, 0.15) is 24.1 Å². The number of hydrogen-bond acceptors (Lipinski definition) is 5. The Balaban J connectivity index is 1.32. The zero-order valence-electron chi connectivity index (χ0n) is 13.9. The molecule has 2 heterocycles. The first-order valence-corrected chi connectivity index (χ1v) is 9.64. The summed E-state index contributed by atoms with van der Waals surface area (Å²) in [4.78, 5) is 18.8. The minimum Gasteiger partial charge on any atom is -0.494 e. The molecule has 25 heavy (non-hydrogen) atoms. The molecule has 134 valence electrons. The summed E-state index contributed by atoms with van der Waals surface area (Å²) in [5.74, 6) is 1.42. The maximum atomic E-state index is 12.1. The van der Waals surface area contributed by atoms with Crippen molar-refractivity contribution in [3.05, 3.63) is 45.9 Å². The molecule has 0 saturated carbocycles. The van der Waals surface area contributed by atoms with Gasteiger partial charge in [-0.15, -0.1) is 11.3 Å². The Morgan fingerprint density at radius 2 is 2.04 bits per heavy atom. The van der Waals surface area contributed by atoms with E-state index in [4.69, 9.17) is 21.1 Å². The van der Waals surface area contributed by atoms with E-state index in [1.165, 1.54) is 11.3 Å². The highest BCUT2D eigenvalue weighted by atomic mass is 35.5. The van der Waals surface area contributed by atoms with Gasteiger partial charge in [0, 0.05) is 24.3 Å². The molecule has 5 nitrogen and oxygen atoms in total. The average molecular weight is 381 g/mol. The highest BCUT2D eigenvalue weighted by molar-refractivity contribution is 7.09. The third-order valence-corrected chi connectivity index (χ3v) is 5.31. The van der Waals surface area contributed by atoms with Crippen molar-refractivity contribution in [1.82, 2.24) is 9.88 Å². The monoisotopic (exact) mass is 380 g/mol. The number of ether oxygens (including phenoxy) is 2. The van der Waals surface area contributed by atoms with E-state index < -0.39 is 0 Å². The summed E-state index contributed by atoms with van der Waals surface area (Å²) < 4.78 is 11.1. The molecule has 1 aromatic carbocycles. The van der Waals surface area contributed by atoms with Crippen molar-refractivity contribution in [2.75, 3.05) is 19.7 Å². The van der Waals surface area contributed by atoms with Gasteiger partial charge in [0.25, 0.3) is 0 Å². The topological polar surface area (TPSA) is 51.7 Å². The summed E-state index contributed by atoms with van der Waals surface area (Å²) in [7, 11) is 0. The first-order valence-electron chi connectivity index (χ1n) is 8.38. The Kier molecular flexibility index (Phi) is 6.53. The third-order valence-electron chi connectivity index (χ3n) is 4.30. The van der Waals surface area contributed by atoms with Crippen LogP contribution >= 0.6 is 22.9 Å². The number of rotatable bonds is 6. The molecular formula is C18H21ClN2O3S. The fraction of sp³-hybridized carbons (Fsp3) is 0.444. The number of thiazole rings is 1. The lowest BCUT2D eigenvalue weighted by Gasteiger charge is -2.31. The van der Waals surface area contributed by atoms with Crippen LogP contribution in [-0.2, 0) is 11.3 Å². The number of aromatic nitrogens is 1. The summed E-state index contributed by atoms with van der Waals surface area (Å²) in [6.07, 6.45) is 4.46. The molecule has 0 aliphatic carbocycles. The first kappa shape index (κ1) is 18.0. The summed E-state index contributed by atoms with van der Waals surface area (Å²) in [6, 6.07) is 7.41. The van der Waals surface area contributed by atoms with Crippen LogP contribution in [-0.4, -0.2) is 35.7 Å². The predicted molar refractivity (Wildman–Crippen MR) is 98.2 cm³/mol. The molecule has 0 atom stereocenters. The minimum atomic E-state index is -0.232. The van der Waals surface area contributed by atoms with Crippen LogP contribution in [0, 0.1) is 5.92 Å². The number of halogens is 1. The Hall–Kier alpha value is -1.79. The zero-order valence-corrected chi connectivity index (χ0v) is 15.5. The van der Waals surface area contributed by atoms with Crippen molar-refractivity contribution in [2.45, 2.75) is 25.9 Å². The summed E-state index contributed by atoms with van der Waals surface area (Å²) in [6.45, 7) is 2.47. The van der Waals surface area contributed by atoms with Crippen LogP contribution < -0.4 is 4.74 Å². The normalized spacial score (nSPS) is 15.2. The van der Waals surface area contributed by atoms with Crippen LogP contribution in [0.4, 0.5) is 4.79 Å². The second-order valence-electron chi connectivity index (χ2n) is 6.04. The van der Waals surface area contributed by atoms with Gasteiger partial charge in [0.15, 0.2) is 0 Å². The molecule has 1 saturated heterocycles. The predicted octanol–water partition coefficient (Wildman–Crippen LogP) is 4.61. The molecule has 0 bridgehead atoms. The van der Waals surface area contributed by atoms with E-state index in [0.717, 1.165) is 43.0 Å². The van der Waals surface area contributed by atoms with E-state index >= 15 is 0 Å². The lowest BCUT2D eigenvalue weighted by molar-refractivity contribution is 0.0807. The second-order valence-corrected chi connectivity index (χ2v) is 7.45. The van der Waals surface area contributed by atoms with Crippen molar-refractivity contribution in [2.24, 2.45) is 5.92 Å². The van der Waals surface area contributed by atoms with E-state index in [2.05, 4.69) is 4.98 Å². The van der Waals surface area contributed by atoms with E-state index in [9.17, 15) is 4.79 Å². The molecule has 1 fully saturated rings. The van der Waals surface area contributed by atoms with Gasteiger partial charge < -0.3 is 14.4 Å². The number of carbonyl (C=O) groups excluding carboxylic acids is 1. The molecule has 0 N–H and O–H groups in total. The summed E-state index contributed by atoms with van der Waals surface area (Å²) in [5.41, 5.74) is 1.74. The van der Waals surface area contributed by atoms with E-state index in [1.54, 1.807) is 16.6 Å². The van der Waals surface area contributed by atoms with E-state index in [0.29, 0.717) is 24.2 Å². The molecule has 1 aromatic heterocycles. The molecular weight excluding hydrogens is 360 g/mol. The molecule has 1 aliphatic rings. The van der Waals surface area contributed by atoms with Gasteiger partial charge in [-0.1, -0.05) is 11.6 Å². The number of benzene rings is 1. The Morgan fingerprint density at radius 1 is 1.28 bits per heavy atom. The lowest BCUT2D eigenvalue weighted by atomic mass is 9.94. The largest absolute Gasteiger partial charge is 0.494 e. The Morgan fingerprint density at radius 3 is 2.72 bits per heavy atom. The van der Waals surface area contributed by atoms with Crippen molar-refractivity contribution in [3.63, 3.8) is 0 Å². The molecule has 7 heteroatoms. The smallest absolute Gasteiger partial charge is 0.410 e. The van der Waals surface area contributed by atoms with Crippen molar-refractivity contribution in [3.8, 4) is 5.75 Å². The van der Waals surface area contributed by atoms with Gasteiger partial charge in [0.1, 0.15) is 12.4 Å². The highest BCUT2D eigenvalue weighted by Gasteiger charge is 2.23. The average Bonchev–Trinajstić information content (AvgIpc) is 3.15. The van der Waals surface area contributed by atoms with Crippen LogP contribution in [0.3, 0.4) is 0 Å². The van der Waals surface area contributed by atoms with Gasteiger partial charge in [-0.25, -0.2) is 4.79 Å². The van der Waals surface area contributed by atoms with Gasteiger partial charge in [-0.2, -0.15) is 0 Å². The number of amides is 1. The molecule has 0 spiro atoms. The van der Waals surface area contributed by atoms with Gasteiger partial charge in [-0.3, -0.25) is 4.98 Å². The highest BCUT2D eigenvalue weighted by Crippen LogP contribution is 2.22.